The highest BCUT2D eigenvalue weighted by Crippen LogP contribution is 2.40. The third-order valence-electron chi connectivity index (χ3n) is 4.20. The molecule has 0 N–H and O–H groups in total. The Balaban J connectivity index is 2.42. The second kappa shape index (κ2) is 8.09. The molecule has 0 amide bonds. The van der Waals surface area contributed by atoms with Crippen LogP contribution in [0.25, 0.3) is 22.4 Å². The molecule has 2 heterocycles. The fourth-order valence-corrected chi connectivity index (χ4v) is 2.71. The van der Waals surface area contributed by atoms with E-state index in [1.54, 1.807) is 0 Å². The molecular formula is C18H4F13N3. The van der Waals surface area contributed by atoms with Gasteiger partial charge in [-0.05, 0) is 6.07 Å². The predicted molar refractivity (Wildman–Crippen MR) is 84.9 cm³/mol. The lowest BCUT2D eigenvalue weighted by molar-refractivity contribution is -0.145. The van der Waals surface area contributed by atoms with Crippen LogP contribution in [0.5, 0.6) is 0 Å². The van der Waals surface area contributed by atoms with E-state index >= 15 is 0 Å². The maximum atomic E-state index is 14.6. The zero-order valence-electron chi connectivity index (χ0n) is 15.8. The molecular weight excluding hydrogens is 505 g/mol. The summed E-state index contributed by atoms with van der Waals surface area (Å²) in [6.07, 6.45) is -5.57. The molecule has 3 aromatic rings. The van der Waals surface area contributed by atoms with Crippen LogP contribution in [-0.4, -0.2) is 15.0 Å². The van der Waals surface area contributed by atoms with E-state index in [4.69, 9.17) is 0 Å². The summed E-state index contributed by atoms with van der Waals surface area (Å²) < 4.78 is 179. The van der Waals surface area contributed by atoms with Crippen molar-refractivity contribution in [3.63, 3.8) is 0 Å². The van der Waals surface area contributed by atoms with Gasteiger partial charge in [0.2, 0.25) is 5.82 Å². The van der Waals surface area contributed by atoms with Crippen molar-refractivity contribution < 1.29 is 57.1 Å². The number of aromatic nitrogens is 3. The Morgan fingerprint density at radius 2 is 0.971 bits per heavy atom. The van der Waals surface area contributed by atoms with Crippen LogP contribution in [0.1, 0.15) is 18.4 Å². The maximum Gasteiger partial charge on any atom is 0.451 e. The van der Waals surface area contributed by atoms with Crippen LogP contribution in [0.15, 0.2) is 6.07 Å². The normalized spacial score (nSPS) is 12.4. The molecule has 0 bridgehead atoms. The van der Waals surface area contributed by atoms with E-state index in [-0.39, 0.29) is 13.0 Å². The largest absolute Gasteiger partial charge is 0.451 e. The van der Waals surface area contributed by atoms with Gasteiger partial charge >= 0.3 is 6.18 Å². The van der Waals surface area contributed by atoms with Crippen molar-refractivity contribution in [1.82, 2.24) is 15.0 Å². The van der Waals surface area contributed by atoms with Crippen molar-refractivity contribution in [3.8, 4) is 22.4 Å². The Bertz CT molecular complexity index is 1220. The Labute approximate surface area is 178 Å². The lowest BCUT2D eigenvalue weighted by Gasteiger charge is -2.16. The third kappa shape index (κ3) is 4.11. The lowest BCUT2D eigenvalue weighted by atomic mass is 9.98. The molecule has 0 saturated carbocycles. The summed E-state index contributed by atoms with van der Waals surface area (Å²) >= 11 is 0. The smallest absolute Gasteiger partial charge is 0.224 e. The molecule has 34 heavy (non-hydrogen) atoms. The first kappa shape index (κ1) is 25.2. The molecule has 182 valence electrons. The van der Waals surface area contributed by atoms with E-state index in [1.807, 2.05) is 0 Å². The summed E-state index contributed by atoms with van der Waals surface area (Å²) in [6.45, 7) is 0.0360. The molecule has 0 spiro atoms. The van der Waals surface area contributed by atoms with Crippen molar-refractivity contribution >= 4 is 0 Å². The molecule has 16 heteroatoms. The van der Waals surface area contributed by atoms with Crippen LogP contribution in [-0.2, 0) is 12.1 Å². The van der Waals surface area contributed by atoms with Crippen molar-refractivity contribution in [2.45, 2.75) is 19.0 Å². The monoisotopic (exact) mass is 509 g/mol. The van der Waals surface area contributed by atoms with Crippen LogP contribution in [0.2, 0.25) is 0 Å². The minimum absolute atomic E-state index is 0.0360. The highest BCUT2D eigenvalue weighted by molar-refractivity contribution is 5.72. The summed E-state index contributed by atoms with van der Waals surface area (Å²) in [7, 11) is 0. The van der Waals surface area contributed by atoms with E-state index in [0.717, 1.165) is 0 Å². The average Bonchev–Trinajstić information content (AvgIpc) is 2.72. The first-order valence-corrected chi connectivity index (χ1v) is 8.38. The summed E-state index contributed by atoms with van der Waals surface area (Å²) in [5.41, 5.74) is -10.2. The second-order valence-corrected chi connectivity index (χ2v) is 6.55. The minimum Gasteiger partial charge on any atom is -0.224 e. The molecule has 0 atom stereocenters. The Kier molecular flexibility index (Phi) is 5.99. The standard InChI is InChI=1S/C18H4F13N3/c1-17(27,28)4-2-3(32-16(33-4)18(29,30)31)5-8(19)10(21)6(11(22)9(5)20)7-12(23)14(25)34-15(26)13(7)24/h2H,1H3. The molecule has 0 aliphatic heterocycles. The van der Waals surface area contributed by atoms with E-state index in [0.29, 0.717) is 0 Å². The van der Waals surface area contributed by atoms with E-state index < -0.39 is 92.8 Å². The third-order valence-corrected chi connectivity index (χ3v) is 4.20. The summed E-state index contributed by atoms with van der Waals surface area (Å²) in [5, 5.41) is 0. The molecule has 0 unspecified atom stereocenters. The van der Waals surface area contributed by atoms with Gasteiger partial charge in [0.15, 0.2) is 34.9 Å². The maximum absolute atomic E-state index is 14.6. The van der Waals surface area contributed by atoms with Crippen molar-refractivity contribution in [2.24, 2.45) is 0 Å². The fraction of sp³-hybridized carbons (Fsp3) is 0.167. The van der Waals surface area contributed by atoms with Gasteiger partial charge in [-0.3, -0.25) is 0 Å². The highest BCUT2D eigenvalue weighted by atomic mass is 19.4. The summed E-state index contributed by atoms with van der Waals surface area (Å²) in [4.78, 5) is 7.19. The minimum atomic E-state index is -5.57. The quantitative estimate of drug-likeness (QED) is 0.232. The topological polar surface area (TPSA) is 38.7 Å². The van der Waals surface area contributed by atoms with Gasteiger partial charge in [0, 0.05) is 6.92 Å². The lowest BCUT2D eigenvalue weighted by Crippen LogP contribution is -2.19. The van der Waals surface area contributed by atoms with Crippen LogP contribution in [0.3, 0.4) is 0 Å². The number of alkyl halides is 5. The molecule has 0 radical (unpaired) electrons. The summed E-state index contributed by atoms with van der Waals surface area (Å²) in [5.74, 6) is -27.4. The first-order valence-electron chi connectivity index (χ1n) is 8.38. The van der Waals surface area contributed by atoms with Crippen LogP contribution >= 0.6 is 0 Å². The molecule has 0 saturated heterocycles. The van der Waals surface area contributed by atoms with E-state index in [1.165, 1.54) is 0 Å². The number of halogens is 13. The van der Waals surface area contributed by atoms with Crippen molar-refractivity contribution in [2.75, 3.05) is 0 Å². The summed E-state index contributed by atoms with van der Waals surface area (Å²) in [6, 6.07) is -0.123. The number of nitrogens with zero attached hydrogens (tertiary/aromatic N) is 3. The highest BCUT2D eigenvalue weighted by Gasteiger charge is 2.40. The molecule has 3 nitrogen and oxygen atoms in total. The number of hydrogen-bond donors (Lipinski definition) is 0. The zero-order valence-corrected chi connectivity index (χ0v) is 15.8. The van der Waals surface area contributed by atoms with E-state index in [9.17, 15) is 57.1 Å². The van der Waals surface area contributed by atoms with Gasteiger partial charge < -0.3 is 0 Å². The molecule has 0 aliphatic carbocycles. The SMILES string of the molecule is CC(F)(F)c1cc(-c2c(F)c(F)c(-c3c(F)c(F)nc(F)c3F)c(F)c2F)nc(C(F)(F)F)n1. The van der Waals surface area contributed by atoms with Gasteiger partial charge in [0.25, 0.3) is 17.8 Å². The molecule has 0 fully saturated rings. The first-order chi connectivity index (χ1) is 15.5. The van der Waals surface area contributed by atoms with Gasteiger partial charge in [-0.2, -0.15) is 35.7 Å². The molecule has 2 aromatic heterocycles. The van der Waals surface area contributed by atoms with Crippen LogP contribution in [0.4, 0.5) is 57.1 Å². The second-order valence-electron chi connectivity index (χ2n) is 6.55. The van der Waals surface area contributed by atoms with Gasteiger partial charge in [-0.25, -0.2) is 36.3 Å². The van der Waals surface area contributed by atoms with Crippen molar-refractivity contribution in [3.05, 3.63) is 64.4 Å². The van der Waals surface area contributed by atoms with Gasteiger partial charge in [-0.15, -0.1) is 0 Å². The van der Waals surface area contributed by atoms with Crippen LogP contribution < -0.4 is 0 Å². The van der Waals surface area contributed by atoms with Crippen molar-refractivity contribution in [1.29, 1.82) is 0 Å². The zero-order chi connectivity index (χ0) is 25.9. The Morgan fingerprint density at radius 3 is 1.38 bits per heavy atom. The van der Waals surface area contributed by atoms with E-state index in [2.05, 4.69) is 15.0 Å². The average molecular weight is 509 g/mol. The number of pyridine rings is 1. The molecule has 1 aromatic carbocycles. The van der Waals surface area contributed by atoms with Crippen LogP contribution in [0, 0.1) is 46.8 Å². The molecule has 0 aliphatic rings. The van der Waals surface area contributed by atoms with Gasteiger partial charge in [0.05, 0.1) is 22.4 Å². The molecule has 3 rings (SSSR count). The number of hydrogen-bond acceptors (Lipinski definition) is 3. The number of benzene rings is 1. The number of rotatable bonds is 3. The fourth-order valence-electron chi connectivity index (χ4n) is 2.71. The Hall–Kier alpha value is -3.46. The van der Waals surface area contributed by atoms with Gasteiger partial charge in [-0.1, -0.05) is 0 Å². The van der Waals surface area contributed by atoms with Gasteiger partial charge in [0.1, 0.15) is 5.69 Å². The predicted octanol–water partition coefficient (Wildman–Crippen LogP) is 6.45. The Morgan fingerprint density at radius 1 is 0.559 bits per heavy atom.